The monoisotopic (exact) mass is 467 g/mol. The van der Waals surface area contributed by atoms with Gasteiger partial charge in [0.15, 0.2) is 11.0 Å². The van der Waals surface area contributed by atoms with E-state index in [0.29, 0.717) is 18.8 Å². The highest BCUT2D eigenvalue weighted by Gasteiger charge is 2.21. The van der Waals surface area contributed by atoms with Crippen molar-refractivity contribution in [3.8, 4) is 11.4 Å². The quantitative estimate of drug-likeness (QED) is 0.366. The van der Waals surface area contributed by atoms with Crippen LogP contribution in [0.25, 0.3) is 17.0 Å². The number of pyridine rings is 1. The van der Waals surface area contributed by atoms with Crippen molar-refractivity contribution in [3.05, 3.63) is 102 Å². The molecule has 1 aliphatic heterocycles. The molecule has 0 saturated carbocycles. The Morgan fingerprint density at radius 2 is 1.68 bits per heavy atom. The van der Waals surface area contributed by atoms with Crippen molar-refractivity contribution in [1.82, 2.24) is 24.6 Å². The number of thioether (sulfide) groups is 1. The highest BCUT2D eigenvalue weighted by Crippen LogP contribution is 2.26. The number of carbonyl (C=O) groups excluding carboxylic acids is 1. The first-order valence-corrected chi connectivity index (χ1v) is 12.3. The van der Waals surface area contributed by atoms with E-state index in [2.05, 4.69) is 62.2 Å². The summed E-state index contributed by atoms with van der Waals surface area (Å²) in [6, 6.07) is 24.4. The van der Waals surface area contributed by atoms with E-state index in [9.17, 15) is 4.79 Å². The summed E-state index contributed by atoms with van der Waals surface area (Å²) < 4.78 is 2.06. The van der Waals surface area contributed by atoms with Gasteiger partial charge in [0.05, 0.1) is 12.3 Å². The molecule has 0 radical (unpaired) electrons. The Morgan fingerprint density at radius 1 is 0.912 bits per heavy atom. The van der Waals surface area contributed by atoms with E-state index in [1.54, 1.807) is 12.4 Å². The summed E-state index contributed by atoms with van der Waals surface area (Å²) >= 11 is 1.44. The van der Waals surface area contributed by atoms with Gasteiger partial charge in [0, 0.05) is 31.0 Å². The molecule has 0 spiro atoms. The first kappa shape index (κ1) is 22.1. The molecule has 0 fully saturated rings. The number of carbonyl (C=O) groups is 1. The summed E-state index contributed by atoms with van der Waals surface area (Å²) in [7, 11) is 0. The molecular weight excluding hydrogens is 442 g/mol. The number of nitrogens with zero attached hydrogens (tertiary/aromatic N) is 5. The average molecular weight is 468 g/mol. The van der Waals surface area contributed by atoms with Gasteiger partial charge in [-0.25, -0.2) is 0 Å². The maximum Gasteiger partial charge on any atom is 0.233 e. The Bertz CT molecular complexity index is 1270. The number of hydrogen-bond donors (Lipinski definition) is 0. The van der Waals surface area contributed by atoms with Gasteiger partial charge < -0.3 is 4.90 Å². The number of benzene rings is 2. The third-order valence-corrected chi connectivity index (χ3v) is 6.80. The fourth-order valence-corrected chi connectivity index (χ4v) is 4.88. The van der Waals surface area contributed by atoms with E-state index in [0.717, 1.165) is 35.1 Å². The summed E-state index contributed by atoms with van der Waals surface area (Å²) in [6.45, 7) is 2.00. The highest BCUT2D eigenvalue weighted by molar-refractivity contribution is 7.99. The molecule has 34 heavy (non-hydrogen) atoms. The Labute approximate surface area is 203 Å². The average Bonchev–Trinajstić information content (AvgIpc) is 3.31. The van der Waals surface area contributed by atoms with Crippen LogP contribution in [0.2, 0.25) is 0 Å². The van der Waals surface area contributed by atoms with Crippen molar-refractivity contribution in [1.29, 1.82) is 0 Å². The molecule has 1 amide bonds. The zero-order chi connectivity index (χ0) is 23.2. The fraction of sp³-hybridized carbons (Fsp3) is 0.185. The van der Waals surface area contributed by atoms with Crippen molar-refractivity contribution in [2.75, 3.05) is 18.8 Å². The van der Waals surface area contributed by atoms with Crippen LogP contribution in [0.15, 0.2) is 96.4 Å². The van der Waals surface area contributed by atoms with Gasteiger partial charge in [-0.15, -0.1) is 10.2 Å². The molecule has 5 rings (SSSR count). The van der Waals surface area contributed by atoms with E-state index < -0.39 is 0 Å². The van der Waals surface area contributed by atoms with Crippen molar-refractivity contribution in [3.63, 3.8) is 0 Å². The topological polar surface area (TPSA) is 63.9 Å². The minimum atomic E-state index is 0.116. The van der Waals surface area contributed by atoms with Gasteiger partial charge in [0.1, 0.15) is 0 Å². The lowest BCUT2D eigenvalue weighted by Crippen LogP contribution is -2.35. The van der Waals surface area contributed by atoms with Gasteiger partial charge in [-0.2, -0.15) is 0 Å². The van der Waals surface area contributed by atoms with Crippen LogP contribution < -0.4 is 0 Å². The first-order valence-electron chi connectivity index (χ1n) is 11.3. The number of rotatable bonds is 7. The van der Waals surface area contributed by atoms with E-state index in [4.69, 9.17) is 0 Å². The van der Waals surface area contributed by atoms with Crippen LogP contribution in [0.5, 0.6) is 0 Å². The first-order chi connectivity index (χ1) is 16.8. The summed E-state index contributed by atoms with van der Waals surface area (Å²) in [5, 5.41) is 9.59. The van der Waals surface area contributed by atoms with E-state index in [-0.39, 0.29) is 5.91 Å². The van der Waals surface area contributed by atoms with Crippen molar-refractivity contribution < 1.29 is 4.79 Å². The zero-order valence-corrected chi connectivity index (χ0v) is 19.6. The summed E-state index contributed by atoms with van der Waals surface area (Å²) in [5.74, 6) is 1.19. The van der Waals surface area contributed by atoms with Crippen LogP contribution in [-0.2, 0) is 11.3 Å². The van der Waals surface area contributed by atoms with Crippen molar-refractivity contribution >= 4 is 23.2 Å². The van der Waals surface area contributed by atoms with Crippen molar-refractivity contribution in [2.24, 2.45) is 0 Å². The SMILES string of the molecule is O=C(CSc1nnc(-c2cccnc2)n1Cc1ccccc1)N1CC=C(c2ccccc2)CC1. The molecule has 0 unspecified atom stereocenters. The van der Waals surface area contributed by atoms with E-state index in [1.807, 2.05) is 41.3 Å². The summed E-state index contributed by atoms with van der Waals surface area (Å²) in [6.07, 6.45) is 6.57. The summed E-state index contributed by atoms with van der Waals surface area (Å²) in [5.41, 5.74) is 4.59. The van der Waals surface area contributed by atoms with Crippen LogP contribution >= 0.6 is 11.8 Å². The van der Waals surface area contributed by atoms with Gasteiger partial charge in [0.2, 0.25) is 5.91 Å². The van der Waals surface area contributed by atoms with Crippen molar-refractivity contribution in [2.45, 2.75) is 18.1 Å². The summed E-state index contributed by atoms with van der Waals surface area (Å²) in [4.78, 5) is 19.1. The third-order valence-electron chi connectivity index (χ3n) is 5.85. The second-order valence-electron chi connectivity index (χ2n) is 8.09. The highest BCUT2D eigenvalue weighted by atomic mass is 32.2. The number of aromatic nitrogens is 4. The molecule has 1 aliphatic rings. The fourth-order valence-electron chi connectivity index (χ4n) is 4.04. The van der Waals surface area contributed by atoms with Crippen LogP contribution in [0.1, 0.15) is 17.5 Å². The zero-order valence-electron chi connectivity index (χ0n) is 18.7. The minimum absolute atomic E-state index is 0.116. The van der Waals surface area contributed by atoms with Crippen LogP contribution in [0.3, 0.4) is 0 Å². The molecule has 4 aromatic rings. The normalized spacial score (nSPS) is 13.5. The molecule has 0 bridgehead atoms. The largest absolute Gasteiger partial charge is 0.338 e. The molecule has 0 N–H and O–H groups in total. The van der Waals surface area contributed by atoms with E-state index in [1.165, 1.54) is 22.9 Å². The van der Waals surface area contributed by atoms with Gasteiger partial charge in [-0.3, -0.25) is 14.3 Å². The van der Waals surface area contributed by atoms with E-state index >= 15 is 0 Å². The molecule has 0 saturated heterocycles. The minimum Gasteiger partial charge on any atom is -0.338 e. The Morgan fingerprint density at radius 3 is 2.38 bits per heavy atom. The Kier molecular flexibility index (Phi) is 6.81. The van der Waals surface area contributed by atoms with Crippen LogP contribution in [-0.4, -0.2) is 49.4 Å². The standard InChI is InChI=1S/C27H25N5OS/c33-25(31-16-13-23(14-17-31)22-10-5-2-6-11-22)20-34-27-30-29-26(24-12-7-15-28-18-24)32(27)19-21-8-3-1-4-9-21/h1-13,15,18H,14,16-17,19-20H2. The molecule has 6 nitrogen and oxygen atoms in total. The second-order valence-corrected chi connectivity index (χ2v) is 9.04. The molecular formula is C27H25N5OS. The lowest BCUT2D eigenvalue weighted by atomic mass is 10.00. The lowest BCUT2D eigenvalue weighted by molar-refractivity contribution is -0.127. The van der Waals surface area contributed by atoms with Gasteiger partial charge in [0.25, 0.3) is 0 Å². The van der Waals surface area contributed by atoms with Gasteiger partial charge in [-0.05, 0) is 35.3 Å². The Balaban J connectivity index is 1.29. The predicted octanol–water partition coefficient (Wildman–Crippen LogP) is 4.80. The molecule has 0 atom stereocenters. The lowest BCUT2D eigenvalue weighted by Gasteiger charge is -2.26. The Hall–Kier alpha value is -3.71. The maximum absolute atomic E-state index is 13.0. The second kappa shape index (κ2) is 10.5. The number of hydrogen-bond acceptors (Lipinski definition) is 5. The molecule has 3 heterocycles. The maximum atomic E-state index is 13.0. The molecule has 2 aromatic carbocycles. The molecule has 2 aromatic heterocycles. The molecule has 7 heteroatoms. The molecule has 0 aliphatic carbocycles. The third kappa shape index (κ3) is 5.10. The van der Waals surface area contributed by atoms with Crippen LogP contribution in [0.4, 0.5) is 0 Å². The molecule has 170 valence electrons. The van der Waals surface area contributed by atoms with Crippen LogP contribution in [0, 0.1) is 0 Å². The predicted molar refractivity (Wildman–Crippen MR) is 135 cm³/mol. The smallest absolute Gasteiger partial charge is 0.233 e. The van der Waals surface area contributed by atoms with Gasteiger partial charge in [-0.1, -0.05) is 78.5 Å². The number of amides is 1. The van der Waals surface area contributed by atoms with Gasteiger partial charge >= 0.3 is 0 Å².